The average Bonchev–Trinajstić information content (AvgIpc) is 3.46. The van der Waals surface area contributed by atoms with Gasteiger partial charge in [-0.2, -0.15) is 0 Å². The lowest BCUT2D eigenvalue weighted by molar-refractivity contribution is -0.0226. The molecule has 10 atom stereocenters. The summed E-state index contributed by atoms with van der Waals surface area (Å²) in [5.74, 6) is 4.72. The molecule has 2 N–H and O–H groups in total. The zero-order valence-corrected chi connectivity index (χ0v) is 25.2. The molecule has 0 aliphatic heterocycles. The predicted octanol–water partition coefficient (Wildman–Crippen LogP) is 7.70. The molecule has 6 aliphatic carbocycles. The summed E-state index contributed by atoms with van der Waals surface area (Å²) in [6.07, 6.45) is 11.9. The number of ether oxygens (including phenoxy) is 2. The van der Waals surface area contributed by atoms with E-state index in [2.05, 4.69) is 26.0 Å². The summed E-state index contributed by atoms with van der Waals surface area (Å²) < 4.78 is 11.4. The van der Waals surface area contributed by atoms with Crippen molar-refractivity contribution in [2.24, 2.45) is 34.5 Å². The largest absolute Gasteiger partial charge is 0.519 e. The Bertz CT molecular complexity index is 1300. The minimum absolute atomic E-state index is 0.0845. The highest BCUT2D eigenvalue weighted by molar-refractivity contribution is 5.67. The molecule has 2 aromatic rings. The Kier molecular flexibility index (Phi) is 6.36. The van der Waals surface area contributed by atoms with Crippen molar-refractivity contribution in [3.05, 3.63) is 58.7 Å². The zero-order chi connectivity index (χ0) is 28.8. The van der Waals surface area contributed by atoms with Gasteiger partial charge < -0.3 is 19.7 Å². The van der Waals surface area contributed by atoms with Gasteiger partial charge in [0.25, 0.3) is 0 Å². The van der Waals surface area contributed by atoms with E-state index in [-0.39, 0.29) is 23.0 Å². The predicted molar refractivity (Wildman–Crippen MR) is 161 cm³/mol. The van der Waals surface area contributed by atoms with E-state index in [1.165, 1.54) is 22.3 Å². The Labute approximate surface area is 250 Å². The van der Waals surface area contributed by atoms with Crippen molar-refractivity contribution in [3.8, 4) is 11.5 Å². The molecule has 10 unspecified atom stereocenters. The van der Waals surface area contributed by atoms with Crippen molar-refractivity contribution in [2.75, 3.05) is 0 Å². The number of hydrogen-bond acceptors (Lipinski definition) is 5. The summed E-state index contributed by atoms with van der Waals surface area (Å²) in [6.45, 7) is 4.63. The quantitative estimate of drug-likeness (QED) is 0.286. The minimum atomic E-state index is -0.681. The molecule has 4 fully saturated rings. The highest BCUT2D eigenvalue weighted by atomic mass is 16.7. The molecule has 0 radical (unpaired) electrons. The fraction of sp³-hybridized carbons (Fsp3) is 0.649. The highest BCUT2D eigenvalue weighted by Crippen LogP contribution is 2.62. The first-order chi connectivity index (χ1) is 20.2. The molecule has 0 spiro atoms. The second-order valence-electron chi connectivity index (χ2n) is 15.3. The lowest BCUT2D eigenvalue weighted by Crippen LogP contribution is -2.43. The number of fused-ring (bicyclic) bond motifs is 10. The van der Waals surface area contributed by atoms with E-state index in [0.29, 0.717) is 47.0 Å². The molecule has 2 aromatic carbocycles. The van der Waals surface area contributed by atoms with Crippen molar-refractivity contribution >= 4 is 6.16 Å². The van der Waals surface area contributed by atoms with E-state index in [1.54, 1.807) is 0 Å². The van der Waals surface area contributed by atoms with Gasteiger partial charge in [0, 0.05) is 0 Å². The van der Waals surface area contributed by atoms with Gasteiger partial charge in [-0.3, -0.25) is 0 Å². The van der Waals surface area contributed by atoms with Crippen molar-refractivity contribution < 1.29 is 24.5 Å². The summed E-state index contributed by atoms with van der Waals surface area (Å²) >= 11 is 0. The number of hydrogen-bond donors (Lipinski definition) is 2. The van der Waals surface area contributed by atoms with Crippen LogP contribution in [0.2, 0.25) is 0 Å². The number of carbonyl (C=O) groups is 1. The molecule has 5 nitrogen and oxygen atoms in total. The van der Waals surface area contributed by atoms with E-state index in [0.717, 1.165) is 77.0 Å². The standard InChI is InChI=1S/C37H46O5/c1-36-17-15-27-25-9-5-23(19-21(25)3-7-29(27)31(36)11-13-33(36)38)41-35(40)42-24-6-10-26-22(20-24)4-8-30-28(26)16-18-37(2)32(30)12-14-34(37)39/h5-6,9-10,19-20,27-34,38-39H,3-4,7-8,11-18H2,1-2H3. The van der Waals surface area contributed by atoms with Crippen LogP contribution in [0.3, 0.4) is 0 Å². The molecule has 0 heterocycles. The Hall–Kier alpha value is -2.37. The van der Waals surface area contributed by atoms with Crippen molar-refractivity contribution in [3.63, 3.8) is 0 Å². The molecule has 0 saturated heterocycles. The highest BCUT2D eigenvalue weighted by Gasteiger charge is 2.55. The van der Waals surface area contributed by atoms with Gasteiger partial charge in [-0.25, -0.2) is 4.79 Å². The van der Waals surface area contributed by atoms with Crippen molar-refractivity contribution in [1.29, 1.82) is 0 Å². The molecular formula is C37H46O5. The van der Waals surface area contributed by atoms with E-state index in [9.17, 15) is 15.0 Å². The lowest BCUT2D eigenvalue weighted by Gasteiger charge is -2.50. The van der Waals surface area contributed by atoms with Gasteiger partial charge in [-0.05, 0) is 170 Å². The number of carbonyl (C=O) groups excluding carboxylic acids is 1. The summed E-state index contributed by atoms with van der Waals surface area (Å²) in [6, 6.07) is 12.3. The van der Waals surface area contributed by atoms with Crippen LogP contribution in [0.25, 0.3) is 0 Å². The van der Waals surface area contributed by atoms with Crippen LogP contribution in [0.5, 0.6) is 11.5 Å². The molecular weight excluding hydrogens is 524 g/mol. The maximum atomic E-state index is 12.9. The summed E-state index contributed by atoms with van der Waals surface area (Å²) in [5.41, 5.74) is 5.59. The molecule has 224 valence electrons. The molecule has 4 saturated carbocycles. The molecule has 0 bridgehead atoms. The molecule has 0 amide bonds. The van der Waals surface area contributed by atoms with Crippen LogP contribution in [0, 0.1) is 34.5 Å². The molecule has 6 aliphatic rings. The topological polar surface area (TPSA) is 76.0 Å². The van der Waals surface area contributed by atoms with Gasteiger partial charge in [-0.15, -0.1) is 0 Å². The van der Waals surface area contributed by atoms with Crippen molar-refractivity contribution in [2.45, 2.75) is 115 Å². The number of rotatable bonds is 2. The summed E-state index contributed by atoms with van der Waals surface area (Å²) in [7, 11) is 0. The SMILES string of the molecule is CC12CCC3c4ccc(OC(=O)Oc5ccc6c(c5)CCC5C6CCC6(C)C(O)CCC56)cc4CCC3C1CCC2O. The van der Waals surface area contributed by atoms with Gasteiger partial charge in [0.05, 0.1) is 12.2 Å². The zero-order valence-electron chi connectivity index (χ0n) is 25.2. The monoisotopic (exact) mass is 570 g/mol. The fourth-order valence-corrected chi connectivity index (χ4v) is 11.4. The van der Waals surface area contributed by atoms with E-state index in [1.807, 2.05) is 24.3 Å². The van der Waals surface area contributed by atoms with Gasteiger partial charge in [0.1, 0.15) is 11.5 Å². The second-order valence-corrected chi connectivity index (χ2v) is 15.3. The van der Waals surface area contributed by atoms with Crippen LogP contribution in [0.15, 0.2) is 36.4 Å². The third kappa shape index (κ3) is 4.05. The first kappa shape index (κ1) is 27.2. The second kappa shape index (κ2) is 9.82. The first-order valence-electron chi connectivity index (χ1n) is 16.8. The van der Waals surface area contributed by atoms with Crippen LogP contribution < -0.4 is 9.47 Å². The van der Waals surface area contributed by atoms with E-state index >= 15 is 0 Å². The van der Waals surface area contributed by atoms with Crippen LogP contribution in [0.4, 0.5) is 4.79 Å². The fourth-order valence-electron chi connectivity index (χ4n) is 11.4. The molecule has 8 rings (SSSR count). The van der Waals surface area contributed by atoms with Gasteiger partial charge >= 0.3 is 6.16 Å². The third-order valence-electron chi connectivity index (χ3n) is 13.7. The van der Waals surface area contributed by atoms with E-state index in [4.69, 9.17) is 9.47 Å². The Balaban J connectivity index is 0.934. The normalized spacial score (nSPS) is 41.4. The van der Waals surface area contributed by atoms with E-state index < -0.39 is 6.16 Å². The number of aryl methyl sites for hydroxylation is 2. The summed E-state index contributed by atoms with van der Waals surface area (Å²) in [5, 5.41) is 21.4. The number of aliphatic hydroxyl groups excluding tert-OH is 2. The van der Waals surface area contributed by atoms with Crippen LogP contribution >= 0.6 is 0 Å². The van der Waals surface area contributed by atoms with Gasteiger partial charge in [0.15, 0.2) is 0 Å². The first-order valence-corrected chi connectivity index (χ1v) is 16.8. The Morgan fingerprint density at radius 2 is 1.12 bits per heavy atom. The van der Waals surface area contributed by atoms with Crippen LogP contribution in [0.1, 0.15) is 112 Å². The maximum Gasteiger partial charge on any atom is 0.519 e. The number of benzene rings is 2. The molecule has 5 heteroatoms. The Morgan fingerprint density at radius 1 is 0.667 bits per heavy atom. The third-order valence-corrected chi connectivity index (χ3v) is 13.7. The minimum Gasteiger partial charge on any atom is -0.395 e. The Morgan fingerprint density at radius 3 is 1.57 bits per heavy atom. The van der Waals surface area contributed by atoms with Crippen molar-refractivity contribution in [1.82, 2.24) is 0 Å². The van der Waals surface area contributed by atoms with Gasteiger partial charge in [0.2, 0.25) is 0 Å². The smallest absolute Gasteiger partial charge is 0.395 e. The van der Waals surface area contributed by atoms with Crippen LogP contribution in [-0.2, 0) is 12.8 Å². The summed E-state index contributed by atoms with van der Waals surface area (Å²) in [4.78, 5) is 12.9. The maximum absolute atomic E-state index is 12.9. The molecule has 0 aromatic heterocycles. The van der Waals surface area contributed by atoms with Crippen LogP contribution in [-0.4, -0.2) is 28.6 Å². The van der Waals surface area contributed by atoms with Gasteiger partial charge in [-0.1, -0.05) is 26.0 Å². The number of aliphatic hydroxyl groups is 2. The lowest BCUT2D eigenvalue weighted by atomic mass is 9.55. The average molecular weight is 571 g/mol. The molecule has 42 heavy (non-hydrogen) atoms.